The molecule has 3 aliphatic carbocycles. The molecule has 1 saturated carbocycles. The molecule has 4 aliphatic rings. The quantitative estimate of drug-likeness (QED) is 0.317. The van der Waals surface area contributed by atoms with Gasteiger partial charge in [0.25, 0.3) is 0 Å². The summed E-state index contributed by atoms with van der Waals surface area (Å²) in [4.78, 5) is 32.4. The summed E-state index contributed by atoms with van der Waals surface area (Å²) in [5.41, 5.74) is 6.90. The molecule has 2 unspecified atom stereocenters. The van der Waals surface area contributed by atoms with Crippen LogP contribution in [0.2, 0.25) is 0 Å². The largest absolute Gasteiger partial charge is 0.497 e. The molecule has 206 valence electrons. The van der Waals surface area contributed by atoms with Crippen molar-refractivity contribution in [2.24, 2.45) is 10.9 Å². The lowest BCUT2D eigenvalue weighted by atomic mass is 9.70. The molecule has 6 nitrogen and oxygen atoms in total. The lowest BCUT2D eigenvalue weighted by Crippen LogP contribution is -2.37. The first-order valence-electron chi connectivity index (χ1n) is 14.4. The van der Waals surface area contributed by atoms with Crippen LogP contribution < -0.4 is 5.32 Å². The Hall–Kier alpha value is -3.41. The van der Waals surface area contributed by atoms with E-state index in [0.717, 1.165) is 72.5 Å². The second-order valence-electron chi connectivity index (χ2n) is 11.2. The minimum atomic E-state index is -0.487. The first-order chi connectivity index (χ1) is 18.9. The van der Waals surface area contributed by atoms with Gasteiger partial charge in [-0.25, -0.2) is 4.79 Å². The maximum absolute atomic E-state index is 14.0. The third kappa shape index (κ3) is 5.52. The van der Waals surface area contributed by atoms with Crippen LogP contribution in [0.3, 0.4) is 0 Å². The van der Waals surface area contributed by atoms with Gasteiger partial charge in [0.2, 0.25) is 0 Å². The molecule has 1 N–H and O–H groups in total. The summed E-state index contributed by atoms with van der Waals surface area (Å²) in [6.07, 6.45) is 14.0. The number of dihydropyridines is 1. The number of Topliss-reactive ketones (excluding diaryl/α,β-unsaturated/α-hetero) is 1. The van der Waals surface area contributed by atoms with Crippen LogP contribution >= 0.6 is 0 Å². The number of allylic oxidation sites excluding steroid dienone is 6. The highest BCUT2D eigenvalue weighted by Gasteiger charge is 2.42. The Morgan fingerprint density at radius 2 is 1.92 bits per heavy atom. The Morgan fingerprint density at radius 1 is 1.13 bits per heavy atom. The third-order valence-corrected chi connectivity index (χ3v) is 8.59. The SMILES string of the molecule is CC=Nc1cc(C2C(C(=O)OC3CCCCC3)=C(C)NC3=C2C(=O)CC(C2=C(OC)C=CCC2)C3)ccc1C. The van der Waals surface area contributed by atoms with E-state index in [0.29, 0.717) is 24.0 Å². The molecule has 6 heteroatoms. The van der Waals surface area contributed by atoms with Crippen molar-refractivity contribution in [1.82, 2.24) is 5.32 Å². The fourth-order valence-electron chi connectivity index (χ4n) is 6.64. The van der Waals surface area contributed by atoms with E-state index in [1.807, 2.05) is 45.0 Å². The van der Waals surface area contributed by atoms with Crippen LogP contribution in [-0.2, 0) is 19.1 Å². The molecule has 1 fully saturated rings. The van der Waals surface area contributed by atoms with Crippen LogP contribution in [0.25, 0.3) is 0 Å². The fraction of sp³-hybridized carbons (Fsp3) is 0.485. The van der Waals surface area contributed by atoms with Gasteiger partial charge in [0, 0.05) is 35.5 Å². The highest BCUT2D eigenvalue weighted by molar-refractivity contribution is 6.04. The van der Waals surface area contributed by atoms with E-state index in [-0.39, 0.29) is 23.8 Å². The number of nitrogens with zero attached hydrogens (tertiary/aromatic N) is 1. The Morgan fingerprint density at radius 3 is 2.67 bits per heavy atom. The normalized spacial score (nSPS) is 24.3. The minimum Gasteiger partial charge on any atom is -0.497 e. The van der Waals surface area contributed by atoms with Gasteiger partial charge < -0.3 is 14.8 Å². The summed E-state index contributed by atoms with van der Waals surface area (Å²) in [6, 6.07) is 6.08. The summed E-state index contributed by atoms with van der Waals surface area (Å²) < 4.78 is 11.8. The summed E-state index contributed by atoms with van der Waals surface area (Å²) in [5, 5.41) is 3.50. The van der Waals surface area contributed by atoms with Crippen LogP contribution in [0, 0.1) is 12.8 Å². The highest BCUT2D eigenvalue weighted by Crippen LogP contribution is 2.47. The van der Waals surface area contributed by atoms with Gasteiger partial charge in [-0.1, -0.05) is 24.6 Å². The van der Waals surface area contributed by atoms with Crippen LogP contribution in [-0.4, -0.2) is 31.2 Å². The number of rotatable bonds is 6. The minimum absolute atomic E-state index is 0.0638. The molecule has 0 bridgehead atoms. The van der Waals surface area contributed by atoms with Crippen molar-refractivity contribution in [1.29, 1.82) is 0 Å². The summed E-state index contributed by atoms with van der Waals surface area (Å²) in [6.45, 7) is 5.85. The molecule has 0 saturated heterocycles. The number of ketones is 1. The van der Waals surface area contributed by atoms with E-state index in [1.54, 1.807) is 13.3 Å². The van der Waals surface area contributed by atoms with Gasteiger partial charge in [-0.05, 0) is 100 Å². The van der Waals surface area contributed by atoms with E-state index in [2.05, 4.69) is 16.4 Å². The van der Waals surface area contributed by atoms with Gasteiger partial charge in [0.1, 0.15) is 11.9 Å². The molecule has 2 atom stereocenters. The molecule has 5 rings (SSSR count). The maximum Gasteiger partial charge on any atom is 0.337 e. The number of nitrogens with one attached hydrogen (secondary N) is 1. The molecule has 0 spiro atoms. The van der Waals surface area contributed by atoms with Gasteiger partial charge in [0.15, 0.2) is 5.78 Å². The van der Waals surface area contributed by atoms with Crippen LogP contribution in [0.15, 0.2) is 69.2 Å². The summed E-state index contributed by atoms with van der Waals surface area (Å²) >= 11 is 0. The Balaban J connectivity index is 1.57. The molecular formula is C33H40N2O4. The number of carbonyl (C=O) groups excluding carboxylic acids is 2. The Bertz CT molecular complexity index is 1310. The second kappa shape index (κ2) is 11.8. The van der Waals surface area contributed by atoms with Gasteiger partial charge in [-0.15, -0.1) is 0 Å². The monoisotopic (exact) mass is 528 g/mol. The van der Waals surface area contributed by atoms with Crippen molar-refractivity contribution in [3.8, 4) is 0 Å². The van der Waals surface area contributed by atoms with E-state index in [4.69, 9.17) is 9.47 Å². The number of esters is 1. The van der Waals surface area contributed by atoms with Crippen molar-refractivity contribution in [2.45, 2.75) is 90.6 Å². The van der Waals surface area contributed by atoms with Gasteiger partial charge in [-0.3, -0.25) is 9.79 Å². The third-order valence-electron chi connectivity index (χ3n) is 8.59. The zero-order chi connectivity index (χ0) is 27.5. The number of aryl methyl sites for hydroxylation is 1. The molecule has 1 heterocycles. The molecule has 0 amide bonds. The zero-order valence-corrected chi connectivity index (χ0v) is 23.6. The van der Waals surface area contributed by atoms with Crippen LogP contribution in [0.4, 0.5) is 5.69 Å². The van der Waals surface area contributed by atoms with Gasteiger partial charge >= 0.3 is 5.97 Å². The molecule has 0 aromatic heterocycles. The average Bonchev–Trinajstić information content (AvgIpc) is 2.94. The van der Waals surface area contributed by atoms with E-state index in [9.17, 15) is 9.59 Å². The number of ether oxygens (including phenoxy) is 2. The number of carbonyl (C=O) groups is 2. The zero-order valence-electron chi connectivity index (χ0n) is 23.6. The number of methoxy groups -OCH3 is 1. The predicted octanol–water partition coefficient (Wildman–Crippen LogP) is 7.04. The van der Waals surface area contributed by atoms with Crippen molar-refractivity contribution in [3.63, 3.8) is 0 Å². The lowest BCUT2D eigenvalue weighted by molar-refractivity contribution is -0.146. The van der Waals surface area contributed by atoms with Crippen molar-refractivity contribution in [3.05, 3.63) is 75.4 Å². The Kier molecular flexibility index (Phi) is 8.20. The smallest absolute Gasteiger partial charge is 0.337 e. The van der Waals surface area contributed by atoms with E-state index in [1.165, 1.54) is 12.0 Å². The number of hydrogen-bond acceptors (Lipinski definition) is 6. The number of aliphatic imine (C=N–C) groups is 1. The number of hydrogen-bond donors (Lipinski definition) is 1. The van der Waals surface area contributed by atoms with E-state index >= 15 is 0 Å². The second-order valence-corrected chi connectivity index (χ2v) is 11.2. The van der Waals surface area contributed by atoms with Crippen molar-refractivity contribution >= 4 is 23.7 Å². The van der Waals surface area contributed by atoms with Crippen molar-refractivity contribution in [2.75, 3.05) is 7.11 Å². The Labute approximate surface area is 231 Å². The van der Waals surface area contributed by atoms with E-state index < -0.39 is 5.92 Å². The first-order valence-corrected chi connectivity index (χ1v) is 14.4. The average molecular weight is 529 g/mol. The summed E-state index contributed by atoms with van der Waals surface area (Å²) in [5.74, 6) is 0.222. The first kappa shape index (κ1) is 27.2. The standard InChI is InChI=1S/C33H40N2O4/c1-5-34-26-17-22(16-15-20(26)2)31-30(33(37)39-24-11-7-6-8-12-24)21(3)35-27-18-23(19-28(36)32(27)31)25-13-9-10-14-29(25)38-4/h5,10,14-17,23-24,31,35H,6-9,11-13,18-19H2,1-4H3. The molecular weight excluding hydrogens is 488 g/mol. The molecule has 1 aromatic carbocycles. The maximum atomic E-state index is 14.0. The highest BCUT2D eigenvalue weighted by atomic mass is 16.5. The van der Waals surface area contributed by atoms with Gasteiger partial charge in [-0.2, -0.15) is 0 Å². The molecule has 1 aliphatic heterocycles. The molecule has 0 radical (unpaired) electrons. The predicted molar refractivity (Wildman–Crippen MR) is 154 cm³/mol. The topological polar surface area (TPSA) is 77.0 Å². The molecule has 1 aromatic rings. The van der Waals surface area contributed by atoms with Crippen LogP contribution in [0.5, 0.6) is 0 Å². The lowest BCUT2D eigenvalue weighted by Gasteiger charge is -2.38. The van der Waals surface area contributed by atoms with Crippen molar-refractivity contribution < 1.29 is 19.1 Å². The van der Waals surface area contributed by atoms with Gasteiger partial charge in [0.05, 0.1) is 18.4 Å². The fourth-order valence-corrected chi connectivity index (χ4v) is 6.64. The summed E-state index contributed by atoms with van der Waals surface area (Å²) in [7, 11) is 1.69. The van der Waals surface area contributed by atoms with Crippen LogP contribution in [0.1, 0.15) is 88.7 Å². The molecule has 39 heavy (non-hydrogen) atoms. The number of benzene rings is 1.